The first kappa shape index (κ1) is 12.6. The standard InChI is InChI=1S/C13H18O3S/c1-15-12-4-2-3-10(5-7-14)13(12)16-11-6-8-17-9-11/h2-4,11,14H,5-9H2,1H3. The number of ether oxygens (including phenoxy) is 2. The van der Waals surface area contributed by atoms with E-state index in [9.17, 15) is 0 Å². The number of benzene rings is 1. The van der Waals surface area contributed by atoms with Crippen molar-refractivity contribution in [1.29, 1.82) is 0 Å². The second-order valence-electron chi connectivity index (χ2n) is 4.03. The molecule has 2 rings (SSSR count). The lowest BCUT2D eigenvalue weighted by Crippen LogP contribution is -2.16. The first-order valence-corrected chi connectivity index (χ1v) is 7.01. The van der Waals surface area contributed by atoms with E-state index in [1.807, 2.05) is 30.0 Å². The lowest BCUT2D eigenvalue weighted by molar-refractivity contribution is 0.214. The molecule has 0 bridgehead atoms. The predicted octanol–water partition coefficient (Wildman–Crippen LogP) is 2.11. The van der Waals surface area contributed by atoms with Gasteiger partial charge in [-0.3, -0.25) is 0 Å². The third kappa shape index (κ3) is 3.07. The Bertz CT molecular complexity index is 362. The van der Waals surface area contributed by atoms with Crippen molar-refractivity contribution in [3.05, 3.63) is 23.8 Å². The number of hydrogen-bond donors (Lipinski definition) is 1. The van der Waals surface area contributed by atoms with Crippen LogP contribution in [0.15, 0.2) is 18.2 Å². The minimum atomic E-state index is 0.128. The van der Waals surface area contributed by atoms with Crippen LogP contribution in [0.25, 0.3) is 0 Å². The summed E-state index contributed by atoms with van der Waals surface area (Å²) in [4.78, 5) is 0. The fourth-order valence-corrected chi connectivity index (χ4v) is 3.04. The van der Waals surface area contributed by atoms with E-state index in [2.05, 4.69) is 0 Å². The highest BCUT2D eigenvalue weighted by atomic mass is 32.2. The van der Waals surface area contributed by atoms with Gasteiger partial charge >= 0.3 is 0 Å². The van der Waals surface area contributed by atoms with E-state index in [-0.39, 0.29) is 12.7 Å². The van der Waals surface area contributed by atoms with Gasteiger partial charge in [0.2, 0.25) is 0 Å². The Labute approximate surface area is 106 Å². The number of aliphatic hydroxyl groups is 1. The number of thioether (sulfide) groups is 1. The zero-order valence-corrected chi connectivity index (χ0v) is 10.8. The van der Waals surface area contributed by atoms with Crippen molar-refractivity contribution >= 4 is 11.8 Å². The summed E-state index contributed by atoms with van der Waals surface area (Å²) in [6, 6.07) is 5.81. The van der Waals surface area contributed by atoms with E-state index >= 15 is 0 Å². The van der Waals surface area contributed by atoms with Gasteiger partial charge in [0, 0.05) is 17.9 Å². The SMILES string of the molecule is COc1cccc(CCO)c1OC1CCSC1. The molecule has 0 amide bonds. The molecule has 0 spiro atoms. The number of aliphatic hydroxyl groups excluding tert-OH is 1. The van der Waals surface area contributed by atoms with Crippen LogP contribution < -0.4 is 9.47 Å². The molecule has 1 heterocycles. The van der Waals surface area contributed by atoms with Crippen LogP contribution in [0.2, 0.25) is 0 Å². The van der Waals surface area contributed by atoms with Crippen molar-refractivity contribution in [1.82, 2.24) is 0 Å². The van der Waals surface area contributed by atoms with Gasteiger partial charge in [-0.25, -0.2) is 0 Å². The summed E-state index contributed by atoms with van der Waals surface area (Å²) in [7, 11) is 1.65. The monoisotopic (exact) mass is 254 g/mol. The Balaban J connectivity index is 2.20. The van der Waals surface area contributed by atoms with Crippen LogP contribution in [-0.4, -0.2) is 36.4 Å². The molecule has 17 heavy (non-hydrogen) atoms. The molecule has 1 fully saturated rings. The van der Waals surface area contributed by atoms with E-state index in [1.165, 1.54) is 0 Å². The van der Waals surface area contributed by atoms with E-state index < -0.39 is 0 Å². The molecular weight excluding hydrogens is 236 g/mol. The second kappa shape index (κ2) is 6.17. The first-order chi connectivity index (χ1) is 8.35. The third-order valence-corrected chi connectivity index (χ3v) is 3.97. The van der Waals surface area contributed by atoms with Crippen LogP contribution in [0.4, 0.5) is 0 Å². The summed E-state index contributed by atoms with van der Waals surface area (Å²) >= 11 is 1.92. The van der Waals surface area contributed by atoms with Crippen molar-refractivity contribution in [2.24, 2.45) is 0 Å². The van der Waals surface area contributed by atoms with Crippen molar-refractivity contribution in [2.75, 3.05) is 25.2 Å². The van der Waals surface area contributed by atoms with E-state index in [1.54, 1.807) is 7.11 Å². The van der Waals surface area contributed by atoms with Gasteiger partial charge in [-0.15, -0.1) is 0 Å². The lowest BCUT2D eigenvalue weighted by Gasteiger charge is -2.18. The average molecular weight is 254 g/mol. The first-order valence-electron chi connectivity index (χ1n) is 5.86. The smallest absolute Gasteiger partial charge is 0.164 e. The largest absolute Gasteiger partial charge is 0.493 e. The quantitative estimate of drug-likeness (QED) is 0.873. The Kier molecular flexibility index (Phi) is 4.57. The lowest BCUT2D eigenvalue weighted by atomic mass is 10.1. The molecule has 1 aromatic rings. The molecule has 0 saturated carbocycles. The molecule has 1 aliphatic heterocycles. The van der Waals surface area contributed by atoms with Crippen LogP contribution in [-0.2, 0) is 6.42 Å². The Hall–Kier alpha value is -0.870. The molecule has 1 aliphatic rings. The van der Waals surface area contributed by atoms with Gasteiger partial charge in [0.15, 0.2) is 11.5 Å². The van der Waals surface area contributed by atoms with Crippen molar-refractivity contribution < 1.29 is 14.6 Å². The molecule has 0 radical (unpaired) electrons. The Morgan fingerprint density at radius 2 is 2.35 bits per heavy atom. The number of rotatable bonds is 5. The highest BCUT2D eigenvalue weighted by Gasteiger charge is 2.20. The van der Waals surface area contributed by atoms with Gasteiger partial charge in [0.1, 0.15) is 6.10 Å². The molecule has 0 aliphatic carbocycles. The number of methoxy groups -OCH3 is 1. The molecule has 1 saturated heterocycles. The highest BCUT2D eigenvalue weighted by Crippen LogP contribution is 2.34. The zero-order chi connectivity index (χ0) is 12.1. The molecule has 4 heteroatoms. The summed E-state index contributed by atoms with van der Waals surface area (Å²) < 4.78 is 11.4. The summed E-state index contributed by atoms with van der Waals surface area (Å²) in [5.74, 6) is 3.76. The second-order valence-corrected chi connectivity index (χ2v) is 5.18. The van der Waals surface area contributed by atoms with Crippen molar-refractivity contribution in [2.45, 2.75) is 18.9 Å². The van der Waals surface area contributed by atoms with Crippen LogP contribution in [0, 0.1) is 0 Å². The zero-order valence-electron chi connectivity index (χ0n) is 10.0. The minimum absolute atomic E-state index is 0.128. The average Bonchev–Trinajstić information content (AvgIpc) is 2.84. The van der Waals surface area contributed by atoms with Crippen molar-refractivity contribution in [3.63, 3.8) is 0 Å². The minimum Gasteiger partial charge on any atom is -0.493 e. The van der Waals surface area contributed by atoms with Gasteiger partial charge in [-0.05, 0) is 24.7 Å². The summed E-state index contributed by atoms with van der Waals surface area (Å²) in [6.45, 7) is 0.128. The maximum absolute atomic E-state index is 9.07. The van der Waals surface area contributed by atoms with E-state index in [0.717, 1.165) is 35.0 Å². The van der Waals surface area contributed by atoms with Crippen LogP contribution in [0.5, 0.6) is 11.5 Å². The topological polar surface area (TPSA) is 38.7 Å². The fourth-order valence-electron chi connectivity index (χ4n) is 1.95. The molecule has 1 N–H and O–H groups in total. The number of hydrogen-bond acceptors (Lipinski definition) is 4. The maximum atomic E-state index is 9.07. The normalized spacial score (nSPS) is 19.3. The molecule has 3 nitrogen and oxygen atoms in total. The van der Waals surface area contributed by atoms with Gasteiger partial charge < -0.3 is 14.6 Å². The van der Waals surface area contributed by atoms with E-state index in [4.69, 9.17) is 14.6 Å². The molecule has 1 atom stereocenters. The summed E-state index contributed by atoms with van der Waals surface area (Å²) in [5, 5.41) is 9.07. The highest BCUT2D eigenvalue weighted by molar-refractivity contribution is 7.99. The maximum Gasteiger partial charge on any atom is 0.164 e. The molecule has 0 aromatic heterocycles. The molecule has 1 aromatic carbocycles. The van der Waals surface area contributed by atoms with Crippen molar-refractivity contribution in [3.8, 4) is 11.5 Å². The Morgan fingerprint density at radius 1 is 1.47 bits per heavy atom. The molecule has 1 unspecified atom stereocenters. The predicted molar refractivity (Wildman–Crippen MR) is 70.1 cm³/mol. The van der Waals surface area contributed by atoms with Crippen LogP contribution >= 0.6 is 11.8 Å². The summed E-state index contributed by atoms with van der Waals surface area (Å²) in [5.41, 5.74) is 1.02. The van der Waals surface area contributed by atoms with E-state index in [0.29, 0.717) is 6.42 Å². The molecule has 94 valence electrons. The van der Waals surface area contributed by atoms with Gasteiger partial charge in [-0.2, -0.15) is 11.8 Å². The number of para-hydroxylation sites is 1. The van der Waals surface area contributed by atoms with Crippen LogP contribution in [0.1, 0.15) is 12.0 Å². The summed E-state index contributed by atoms with van der Waals surface area (Å²) in [6.07, 6.45) is 1.96. The molecular formula is C13H18O3S. The van der Waals surface area contributed by atoms with Gasteiger partial charge in [-0.1, -0.05) is 12.1 Å². The van der Waals surface area contributed by atoms with Crippen LogP contribution in [0.3, 0.4) is 0 Å². The van der Waals surface area contributed by atoms with Gasteiger partial charge in [0.25, 0.3) is 0 Å². The van der Waals surface area contributed by atoms with Gasteiger partial charge in [0.05, 0.1) is 7.11 Å². The Morgan fingerprint density at radius 3 is 3.00 bits per heavy atom. The fraction of sp³-hybridized carbons (Fsp3) is 0.538. The third-order valence-electron chi connectivity index (χ3n) is 2.83.